The molecule has 0 radical (unpaired) electrons. The van der Waals surface area contributed by atoms with Crippen molar-refractivity contribution >= 4 is 23.4 Å². The highest BCUT2D eigenvalue weighted by atomic mass is 32.2. The molecule has 3 rings (SSSR count). The number of nitriles is 1. The standard InChI is InChI=1S/C17H18F2N4OS/c1-17(2)9-13(23-7-3-6-21-16(23)22-10-20)12-8-11(25-15(18)19)4-5-14(12)24-17/h4-5,8-9,15H,3,6-7H2,1-2H3,(H,21,22). The molecule has 132 valence electrons. The van der Waals surface area contributed by atoms with Crippen LogP contribution in [0.1, 0.15) is 25.8 Å². The number of rotatable bonds is 3. The number of alkyl halides is 2. The molecule has 2 aliphatic heterocycles. The third-order valence-electron chi connectivity index (χ3n) is 3.83. The van der Waals surface area contributed by atoms with E-state index in [2.05, 4.69) is 10.3 Å². The molecule has 8 heteroatoms. The average molecular weight is 364 g/mol. The summed E-state index contributed by atoms with van der Waals surface area (Å²) in [4.78, 5) is 6.74. The van der Waals surface area contributed by atoms with Crippen molar-refractivity contribution in [2.45, 2.75) is 36.5 Å². The quantitative estimate of drug-likeness (QED) is 0.504. The number of nitrogens with one attached hydrogen (secondary N) is 1. The normalized spacial score (nSPS) is 18.6. The van der Waals surface area contributed by atoms with E-state index in [1.54, 1.807) is 18.2 Å². The van der Waals surface area contributed by atoms with Gasteiger partial charge in [0.2, 0.25) is 5.96 Å². The maximum absolute atomic E-state index is 12.7. The number of hydrogen-bond donors (Lipinski definition) is 1. The number of thioether (sulfide) groups is 1. The molecule has 1 aromatic carbocycles. The maximum atomic E-state index is 12.7. The van der Waals surface area contributed by atoms with E-state index in [0.29, 0.717) is 41.5 Å². The number of aliphatic imine (C=N–C) groups is 1. The van der Waals surface area contributed by atoms with Gasteiger partial charge in [0.1, 0.15) is 11.4 Å². The molecule has 0 atom stereocenters. The number of benzene rings is 1. The third kappa shape index (κ3) is 3.87. The summed E-state index contributed by atoms with van der Waals surface area (Å²) in [7, 11) is 0. The molecule has 0 bridgehead atoms. The molecule has 1 aromatic rings. The van der Waals surface area contributed by atoms with Crippen LogP contribution in [0.15, 0.2) is 34.2 Å². The number of fused-ring (bicyclic) bond motifs is 1. The summed E-state index contributed by atoms with van der Waals surface area (Å²) in [5, 5.41) is 11.6. The summed E-state index contributed by atoms with van der Waals surface area (Å²) in [5.74, 6) is -1.39. The van der Waals surface area contributed by atoms with Crippen molar-refractivity contribution in [3.8, 4) is 11.9 Å². The Labute approximate surface area is 149 Å². The molecule has 0 fully saturated rings. The summed E-state index contributed by atoms with van der Waals surface area (Å²) in [6, 6.07) is 5.05. The summed E-state index contributed by atoms with van der Waals surface area (Å²) < 4.78 is 31.4. The van der Waals surface area contributed by atoms with Crippen LogP contribution in [0.2, 0.25) is 0 Å². The van der Waals surface area contributed by atoms with Gasteiger partial charge in [0.25, 0.3) is 5.76 Å². The average Bonchev–Trinajstić information content (AvgIpc) is 2.54. The van der Waals surface area contributed by atoms with E-state index in [9.17, 15) is 8.78 Å². The molecule has 0 spiro atoms. The molecular formula is C17H18F2N4OS. The van der Waals surface area contributed by atoms with Crippen molar-refractivity contribution in [3.05, 3.63) is 29.8 Å². The van der Waals surface area contributed by atoms with E-state index in [1.165, 1.54) is 0 Å². The highest BCUT2D eigenvalue weighted by Gasteiger charge is 2.32. The smallest absolute Gasteiger partial charge is 0.288 e. The number of ether oxygens (including phenoxy) is 1. The Morgan fingerprint density at radius 2 is 2.24 bits per heavy atom. The lowest BCUT2D eigenvalue weighted by Gasteiger charge is -2.37. The van der Waals surface area contributed by atoms with Gasteiger partial charge in [-0.1, -0.05) is 11.8 Å². The van der Waals surface area contributed by atoms with Gasteiger partial charge in [-0.05, 0) is 44.5 Å². The summed E-state index contributed by atoms with van der Waals surface area (Å²) in [6.07, 6.45) is 4.68. The Morgan fingerprint density at radius 1 is 1.44 bits per heavy atom. The molecular weight excluding hydrogens is 346 g/mol. The van der Waals surface area contributed by atoms with Crippen molar-refractivity contribution in [2.24, 2.45) is 4.99 Å². The topological polar surface area (TPSA) is 60.7 Å². The van der Waals surface area contributed by atoms with Gasteiger partial charge in [0.05, 0.1) is 5.70 Å². The molecule has 25 heavy (non-hydrogen) atoms. The zero-order chi connectivity index (χ0) is 18.0. The highest BCUT2D eigenvalue weighted by Crippen LogP contribution is 2.41. The van der Waals surface area contributed by atoms with Gasteiger partial charge in [-0.3, -0.25) is 10.3 Å². The second-order valence-electron chi connectivity index (χ2n) is 6.22. The first-order valence-electron chi connectivity index (χ1n) is 7.88. The van der Waals surface area contributed by atoms with E-state index < -0.39 is 11.4 Å². The first-order chi connectivity index (χ1) is 11.9. The van der Waals surface area contributed by atoms with E-state index in [0.717, 1.165) is 17.7 Å². The summed E-state index contributed by atoms with van der Waals surface area (Å²) in [5.41, 5.74) is 0.970. The molecule has 1 N–H and O–H groups in total. The molecule has 0 saturated heterocycles. The van der Waals surface area contributed by atoms with Gasteiger partial charge in [-0.25, -0.2) is 0 Å². The zero-order valence-electron chi connectivity index (χ0n) is 13.9. The van der Waals surface area contributed by atoms with Crippen LogP contribution in [-0.4, -0.2) is 35.3 Å². The van der Waals surface area contributed by atoms with E-state index in [4.69, 9.17) is 10.00 Å². The lowest BCUT2D eigenvalue weighted by molar-refractivity contribution is 0.155. The minimum atomic E-state index is -2.49. The van der Waals surface area contributed by atoms with Crippen molar-refractivity contribution < 1.29 is 13.5 Å². The summed E-state index contributed by atoms with van der Waals surface area (Å²) in [6.45, 7) is 5.18. The van der Waals surface area contributed by atoms with Crippen LogP contribution >= 0.6 is 11.8 Å². The molecule has 0 unspecified atom stereocenters. The Hall–Kier alpha value is -2.27. The zero-order valence-corrected chi connectivity index (χ0v) is 14.7. The monoisotopic (exact) mass is 364 g/mol. The lowest BCUT2D eigenvalue weighted by atomic mass is 9.98. The maximum Gasteiger partial charge on any atom is 0.288 e. The number of guanidine groups is 1. The van der Waals surface area contributed by atoms with Crippen LogP contribution < -0.4 is 10.1 Å². The number of hydrogen-bond acceptors (Lipinski definition) is 6. The fourth-order valence-corrected chi connectivity index (χ4v) is 3.45. The molecule has 2 heterocycles. The van der Waals surface area contributed by atoms with E-state index in [-0.39, 0.29) is 0 Å². The van der Waals surface area contributed by atoms with Crippen LogP contribution in [0.25, 0.3) is 5.70 Å². The van der Waals surface area contributed by atoms with Gasteiger partial charge < -0.3 is 9.64 Å². The van der Waals surface area contributed by atoms with Gasteiger partial charge in [0, 0.05) is 23.5 Å². The van der Waals surface area contributed by atoms with Crippen molar-refractivity contribution in [3.63, 3.8) is 0 Å². The Morgan fingerprint density at radius 3 is 2.96 bits per heavy atom. The fraction of sp³-hybridized carbons (Fsp3) is 0.412. The first kappa shape index (κ1) is 17.5. The molecule has 0 saturated carbocycles. The van der Waals surface area contributed by atoms with Crippen LogP contribution in [0.3, 0.4) is 0 Å². The van der Waals surface area contributed by atoms with Gasteiger partial charge >= 0.3 is 0 Å². The minimum absolute atomic E-state index is 0.465. The fourth-order valence-electron chi connectivity index (χ4n) is 2.91. The minimum Gasteiger partial charge on any atom is -0.483 e. The second-order valence-corrected chi connectivity index (χ2v) is 7.28. The Bertz CT molecular complexity index is 770. The SMILES string of the molecule is CC1(C)C=C(N2CCCN=C2NC#N)c2cc(SC(F)F)ccc2O1. The summed E-state index contributed by atoms with van der Waals surface area (Å²) >= 11 is 0.498. The highest BCUT2D eigenvalue weighted by molar-refractivity contribution is 7.99. The molecule has 0 amide bonds. The van der Waals surface area contributed by atoms with Crippen LogP contribution in [0, 0.1) is 11.5 Å². The van der Waals surface area contributed by atoms with Gasteiger partial charge in [-0.15, -0.1) is 0 Å². The predicted octanol–water partition coefficient (Wildman–Crippen LogP) is 3.65. The Balaban J connectivity index is 2.05. The number of halogens is 2. The third-order valence-corrected chi connectivity index (χ3v) is 4.53. The molecule has 0 aromatic heterocycles. The van der Waals surface area contributed by atoms with Crippen LogP contribution in [-0.2, 0) is 0 Å². The van der Waals surface area contributed by atoms with E-state index in [1.807, 2.05) is 31.0 Å². The van der Waals surface area contributed by atoms with Crippen LogP contribution in [0.5, 0.6) is 5.75 Å². The molecule has 2 aliphatic rings. The lowest BCUT2D eigenvalue weighted by Crippen LogP contribution is -2.43. The van der Waals surface area contributed by atoms with Crippen LogP contribution in [0.4, 0.5) is 8.78 Å². The largest absolute Gasteiger partial charge is 0.483 e. The predicted molar refractivity (Wildman–Crippen MR) is 93.4 cm³/mol. The van der Waals surface area contributed by atoms with Crippen molar-refractivity contribution in [1.29, 1.82) is 5.26 Å². The van der Waals surface area contributed by atoms with Gasteiger partial charge in [-0.2, -0.15) is 14.0 Å². The first-order valence-corrected chi connectivity index (χ1v) is 8.76. The van der Waals surface area contributed by atoms with Crippen molar-refractivity contribution in [2.75, 3.05) is 13.1 Å². The van der Waals surface area contributed by atoms with E-state index >= 15 is 0 Å². The second kappa shape index (κ2) is 6.92. The van der Waals surface area contributed by atoms with Crippen molar-refractivity contribution in [1.82, 2.24) is 10.2 Å². The van der Waals surface area contributed by atoms with Gasteiger partial charge in [0.15, 0.2) is 6.19 Å². The number of nitrogens with zero attached hydrogens (tertiary/aromatic N) is 3. The molecule has 0 aliphatic carbocycles. The molecule has 5 nitrogen and oxygen atoms in total. The Kier molecular flexibility index (Phi) is 4.86.